The van der Waals surface area contributed by atoms with Crippen LogP contribution in [0.15, 0.2) is 0 Å². The highest BCUT2D eigenvalue weighted by atomic mass is 16.2. The van der Waals surface area contributed by atoms with Gasteiger partial charge in [0.1, 0.15) is 5.54 Å². The predicted octanol–water partition coefficient (Wildman–Crippen LogP) is 3.07. The highest BCUT2D eigenvalue weighted by Crippen LogP contribution is 2.39. The number of imide groups is 1. The number of hydrogen-bond donors (Lipinski definition) is 1. The zero-order chi connectivity index (χ0) is 14.2. The van der Waals surface area contributed by atoms with Crippen molar-refractivity contribution in [2.75, 3.05) is 6.54 Å². The van der Waals surface area contributed by atoms with Crippen LogP contribution in [0.5, 0.6) is 0 Å². The van der Waals surface area contributed by atoms with Gasteiger partial charge in [-0.1, -0.05) is 39.0 Å². The molecule has 3 fully saturated rings. The minimum atomic E-state index is -0.579. The summed E-state index contributed by atoms with van der Waals surface area (Å²) in [6.07, 6.45) is 10.2. The van der Waals surface area contributed by atoms with E-state index in [0.29, 0.717) is 12.5 Å². The average molecular weight is 278 g/mol. The van der Waals surface area contributed by atoms with Gasteiger partial charge in [-0.05, 0) is 37.5 Å². The topological polar surface area (TPSA) is 49.4 Å². The molecule has 0 aromatic carbocycles. The molecule has 0 aromatic heterocycles. The molecule has 0 aromatic rings. The molecule has 1 aliphatic heterocycles. The Labute approximate surface area is 121 Å². The summed E-state index contributed by atoms with van der Waals surface area (Å²) in [5.74, 6) is 0.844. The maximum absolute atomic E-state index is 12.8. The summed E-state index contributed by atoms with van der Waals surface area (Å²) in [6.45, 7) is 2.75. The van der Waals surface area contributed by atoms with Crippen molar-refractivity contribution in [3.63, 3.8) is 0 Å². The molecule has 3 aliphatic rings. The first-order valence-electron chi connectivity index (χ1n) is 8.27. The van der Waals surface area contributed by atoms with Gasteiger partial charge in [0.2, 0.25) is 0 Å². The molecule has 20 heavy (non-hydrogen) atoms. The smallest absolute Gasteiger partial charge is 0.323 e. The number of urea groups is 1. The van der Waals surface area contributed by atoms with Crippen molar-refractivity contribution in [1.82, 2.24) is 10.2 Å². The molecule has 3 rings (SSSR count). The molecule has 3 amide bonds. The van der Waals surface area contributed by atoms with Crippen molar-refractivity contribution in [3.8, 4) is 0 Å². The molecule has 4 nitrogen and oxygen atoms in total. The summed E-state index contributed by atoms with van der Waals surface area (Å²) < 4.78 is 0. The van der Waals surface area contributed by atoms with Crippen molar-refractivity contribution in [2.45, 2.75) is 70.3 Å². The molecule has 0 bridgehead atoms. The highest BCUT2D eigenvalue weighted by molar-refractivity contribution is 6.07. The minimum Gasteiger partial charge on any atom is -0.323 e. The van der Waals surface area contributed by atoms with Gasteiger partial charge in [0.25, 0.3) is 5.91 Å². The van der Waals surface area contributed by atoms with Crippen LogP contribution in [-0.2, 0) is 4.79 Å². The van der Waals surface area contributed by atoms with Gasteiger partial charge < -0.3 is 5.32 Å². The standard InChI is InChI=1S/C16H26N2O2/c1-12-7-5-6-10-16(12)14(19)18(15(20)17-16)11-13-8-3-2-4-9-13/h12-13H,2-11H2,1H3,(H,17,20)/t12-,16+/m1/s1. The number of amides is 3. The molecule has 1 spiro atoms. The quantitative estimate of drug-likeness (QED) is 0.789. The van der Waals surface area contributed by atoms with Crippen LogP contribution in [0.25, 0.3) is 0 Å². The molecule has 2 aliphatic carbocycles. The first-order chi connectivity index (χ1) is 9.63. The maximum Gasteiger partial charge on any atom is 0.325 e. The third-order valence-electron chi connectivity index (χ3n) is 5.67. The Balaban J connectivity index is 1.72. The second kappa shape index (κ2) is 5.38. The second-order valence-electron chi connectivity index (χ2n) is 6.97. The summed E-state index contributed by atoms with van der Waals surface area (Å²) in [6, 6.07) is -0.144. The van der Waals surface area contributed by atoms with Gasteiger partial charge in [0.05, 0.1) is 0 Å². The van der Waals surface area contributed by atoms with Crippen LogP contribution >= 0.6 is 0 Å². The van der Waals surface area contributed by atoms with E-state index in [2.05, 4.69) is 12.2 Å². The van der Waals surface area contributed by atoms with Crippen molar-refractivity contribution in [1.29, 1.82) is 0 Å². The number of hydrogen-bond acceptors (Lipinski definition) is 2. The van der Waals surface area contributed by atoms with Crippen molar-refractivity contribution in [3.05, 3.63) is 0 Å². The van der Waals surface area contributed by atoms with Crippen LogP contribution in [0.1, 0.15) is 64.7 Å². The van der Waals surface area contributed by atoms with E-state index in [4.69, 9.17) is 0 Å². The van der Waals surface area contributed by atoms with E-state index in [1.807, 2.05) is 0 Å². The predicted molar refractivity (Wildman–Crippen MR) is 77.2 cm³/mol. The third-order valence-corrected chi connectivity index (χ3v) is 5.67. The highest BCUT2D eigenvalue weighted by Gasteiger charge is 2.54. The van der Waals surface area contributed by atoms with Crippen LogP contribution in [0.4, 0.5) is 4.79 Å². The Morgan fingerprint density at radius 1 is 1.10 bits per heavy atom. The maximum atomic E-state index is 12.8. The molecule has 1 saturated heterocycles. The SMILES string of the molecule is C[C@@H]1CCCC[C@]12NC(=O)N(CC1CCCCC1)C2=O. The second-order valence-corrected chi connectivity index (χ2v) is 6.97. The average Bonchev–Trinajstić information content (AvgIpc) is 2.69. The van der Waals surface area contributed by atoms with E-state index < -0.39 is 5.54 Å². The van der Waals surface area contributed by atoms with Crippen LogP contribution in [-0.4, -0.2) is 28.9 Å². The van der Waals surface area contributed by atoms with Crippen LogP contribution in [0.3, 0.4) is 0 Å². The number of carbonyl (C=O) groups excluding carboxylic acids is 2. The molecular formula is C16H26N2O2. The van der Waals surface area contributed by atoms with Gasteiger partial charge in [0, 0.05) is 6.54 Å². The third kappa shape index (κ3) is 2.23. The van der Waals surface area contributed by atoms with E-state index in [-0.39, 0.29) is 17.9 Å². The van der Waals surface area contributed by atoms with Crippen LogP contribution in [0, 0.1) is 11.8 Å². The fraction of sp³-hybridized carbons (Fsp3) is 0.875. The van der Waals surface area contributed by atoms with E-state index >= 15 is 0 Å². The van der Waals surface area contributed by atoms with Gasteiger partial charge >= 0.3 is 6.03 Å². The summed E-state index contributed by atoms with van der Waals surface area (Å²) in [5, 5.41) is 3.05. The Kier molecular flexibility index (Phi) is 3.74. The molecule has 2 atom stereocenters. The summed E-state index contributed by atoms with van der Waals surface area (Å²) >= 11 is 0. The molecule has 1 N–H and O–H groups in total. The zero-order valence-electron chi connectivity index (χ0n) is 12.5. The lowest BCUT2D eigenvalue weighted by molar-refractivity contribution is -0.134. The van der Waals surface area contributed by atoms with Crippen molar-refractivity contribution >= 4 is 11.9 Å². The van der Waals surface area contributed by atoms with Gasteiger partial charge in [0.15, 0.2) is 0 Å². The molecule has 112 valence electrons. The first kappa shape index (κ1) is 13.9. The molecule has 1 heterocycles. The molecule has 0 unspecified atom stereocenters. The summed E-state index contributed by atoms with van der Waals surface area (Å²) in [4.78, 5) is 26.6. The summed E-state index contributed by atoms with van der Waals surface area (Å²) in [7, 11) is 0. The Morgan fingerprint density at radius 2 is 1.80 bits per heavy atom. The van der Waals surface area contributed by atoms with Crippen LogP contribution < -0.4 is 5.32 Å². The molecular weight excluding hydrogens is 252 g/mol. The number of nitrogens with one attached hydrogen (secondary N) is 1. The number of nitrogens with zero attached hydrogens (tertiary/aromatic N) is 1. The monoisotopic (exact) mass is 278 g/mol. The first-order valence-corrected chi connectivity index (χ1v) is 8.27. The molecule has 2 saturated carbocycles. The Morgan fingerprint density at radius 3 is 2.50 bits per heavy atom. The number of carbonyl (C=O) groups is 2. The van der Waals surface area contributed by atoms with Gasteiger partial charge in [-0.3, -0.25) is 9.69 Å². The minimum absolute atomic E-state index is 0.0558. The van der Waals surface area contributed by atoms with E-state index in [1.54, 1.807) is 0 Å². The zero-order valence-corrected chi connectivity index (χ0v) is 12.5. The Bertz CT molecular complexity index is 403. The van der Waals surface area contributed by atoms with Crippen molar-refractivity contribution < 1.29 is 9.59 Å². The lowest BCUT2D eigenvalue weighted by Gasteiger charge is -2.37. The lowest BCUT2D eigenvalue weighted by atomic mass is 9.73. The fourth-order valence-electron chi connectivity index (χ4n) is 4.29. The normalized spacial score (nSPS) is 35.6. The van der Waals surface area contributed by atoms with E-state index in [1.165, 1.54) is 43.4 Å². The van der Waals surface area contributed by atoms with E-state index in [0.717, 1.165) is 19.3 Å². The summed E-state index contributed by atoms with van der Waals surface area (Å²) in [5.41, 5.74) is -0.579. The Hall–Kier alpha value is -1.06. The largest absolute Gasteiger partial charge is 0.325 e. The van der Waals surface area contributed by atoms with Gasteiger partial charge in [-0.15, -0.1) is 0 Å². The van der Waals surface area contributed by atoms with Crippen molar-refractivity contribution in [2.24, 2.45) is 11.8 Å². The number of rotatable bonds is 2. The van der Waals surface area contributed by atoms with E-state index in [9.17, 15) is 9.59 Å². The van der Waals surface area contributed by atoms with Gasteiger partial charge in [-0.25, -0.2) is 4.79 Å². The fourth-order valence-corrected chi connectivity index (χ4v) is 4.29. The van der Waals surface area contributed by atoms with Gasteiger partial charge in [-0.2, -0.15) is 0 Å². The molecule has 4 heteroatoms. The lowest BCUT2D eigenvalue weighted by Crippen LogP contribution is -2.54. The molecule has 0 radical (unpaired) electrons. The van der Waals surface area contributed by atoms with Crippen LogP contribution in [0.2, 0.25) is 0 Å².